The second-order valence-electron chi connectivity index (χ2n) is 3.97. The maximum atomic E-state index is 5.27. The SMILES string of the molecule is S=C(NNC(=S)N1CCOCC1)Nc1ccccc1. The number of para-hydroxylation sites is 1. The molecule has 1 aromatic rings. The van der Waals surface area contributed by atoms with Gasteiger partial charge in [-0.1, -0.05) is 18.2 Å². The Hall–Kier alpha value is -1.44. The molecule has 0 unspecified atom stereocenters. The summed E-state index contributed by atoms with van der Waals surface area (Å²) in [7, 11) is 0. The molecule has 5 nitrogen and oxygen atoms in total. The Bertz CT molecular complexity index is 435. The lowest BCUT2D eigenvalue weighted by atomic mass is 10.3. The summed E-state index contributed by atoms with van der Waals surface area (Å²) < 4.78 is 5.27. The van der Waals surface area contributed by atoms with Crippen LogP contribution in [0, 0.1) is 0 Å². The topological polar surface area (TPSA) is 48.6 Å². The van der Waals surface area contributed by atoms with Crippen molar-refractivity contribution in [3.8, 4) is 0 Å². The van der Waals surface area contributed by atoms with Crippen LogP contribution < -0.4 is 16.2 Å². The van der Waals surface area contributed by atoms with Gasteiger partial charge in [0.25, 0.3) is 0 Å². The van der Waals surface area contributed by atoms with E-state index in [-0.39, 0.29) is 0 Å². The number of anilines is 1. The first-order chi connectivity index (χ1) is 9.25. The van der Waals surface area contributed by atoms with Crippen LogP contribution in [0.1, 0.15) is 0 Å². The Morgan fingerprint density at radius 1 is 1.05 bits per heavy atom. The van der Waals surface area contributed by atoms with Gasteiger partial charge < -0.3 is 15.0 Å². The second-order valence-corrected chi connectivity index (χ2v) is 4.77. The van der Waals surface area contributed by atoms with Crippen molar-refractivity contribution in [2.75, 3.05) is 31.6 Å². The first-order valence-corrected chi connectivity index (χ1v) is 6.82. The van der Waals surface area contributed by atoms with Gasteiger partial charge in [0.2, 0.25) is 0 Å². The van der Waals surface area contributed by atoms with Crippen molar-refractivity contribution < 1.29 is 4.74 Å². The number of morpholine rings is 1. The smallest absolute Gasteiger partial charge is 0.189 e. The molecule has 0 atom stereocenters. The maximum absolute atomic E-state index is 5.27. The number of ether oxygens (including phenoxy) is 1. The maximum Gasteiger partial charge on any atom is 0.189 e. The highest BCUT2D eigenvalue weighted by molar-refractivity contribution is 7.80. The summed E-state index contributed by atoms with van der Waals surface area (Å²) in [6.45, 7) is 3.00. The Kier molecular flexibility index (Phi) is 5.31. The summed E-state index contributed by atoms with van der Waals surface area (Å²) in [4.78, 5) is 2.04. The van der Waals surface area contributed by atoms with Crippen molar-refractivity contribution in [2.24, 2.45) is 0 Å². The van der Waals surface area contributed by atoms with E-state index in [1.807, 2.05) is 35.2 Å². The zero-order valence-electron chi connectivity index (χ0n) is 10.4. The third-order valence-electron chi connectivity index (χ3n) is 2.61. The van der Waals surface area contributed by atoms with E-state index >= 15 is 0 Å². The van der Waals surface area contributed by atoms with Crippen molar-refractivity contribution in [3.63, 3.8) is 0 Å². The summed E-state index contributed by atoms with van der Waals surface area (Å²) in [5, 5.41) is 4.15. The first kappa shape index (κ1) is 14.0. The summed E-state index contributed by atoms with van der Waals surface area (Å²) in [5.74, 6) is 0. The lowest BCUT2D eigenvalue weighted by Crippen LogP contribution is -2.52. The molecule has 1 fully saturated rings. The number of hydrazine groups is 1. The van der Waals surface area contributed by atoms with Crippen molar-refractivity contribution in [3.05, 3.63) is 30.3 Å². The average molecular weight is 296 g/mol. The van der Waals surface area contributed by atoms with Gasteiger partial charge >= 0.3 is 0 Å². The second kappa shape index (κ2) is 7.22. The molecular weight excluding hydrogens is 280 g/mol. The number of benzene rings is 1. The van der Waals surface area contributed by atoms with E-state index in [2.05, 4.69) is 16.2 Å². The Morgan fingerprint density at radius 2 is 1.74 bits per heavy atom. The van der Waals surface area contributed by atoms with Gasteiger partial charge in [0.1, 0.15) is 0 Å². The normalized spacial score (nSPS) is 14.6. The fourth-order valence-electron chi connectivity index (χ4n) is 1.64. The lowest BCUT2D eigenvalue weighted by molar-refractivity contribution is 0.0675. The molecule has 1 aliphatic rings. The molecule has 7 heteroatoms. The van der Waals surface area contributed by atoms with Crippen molar-refractivity contribution in [1.29, 1.82) is 0 Å². The van der Waals surface area contributed by atoms with Gasteiger partial charge in [-0.2, -0.15) is 0 Å². The summed E-state index contributed by atoms with van der Waals surface area (Å²) >= 11 is 10.4. The number of rotatable bonds is 1. The van der Waals surface area contributed by atoms with Crippen molar-refractivity contribution in [1.82, 2.24) is 15.8 Å². The number of hydrogen-bond donors (Lipinski definition) is 3. The fraction of sp³-hybridized carbons (Fsp3) is 0.333. The third kappa shape index (κ3) is 4.62. The molecule has 1 heterocycles. The quantitative estimate of drug-likeness (QED) is 0.530. The molecule has 1 saturated heterocycles. The lowest BCUT2D eigenvalue weighted by Gasteiger charge is -2.29. The van der Waals surface area contributed by atoms with Gasteiger partial charge in [0, 0.05) is 18.8 Å². The molecular formula is C12H16N4OS2. The van der Waals surface area contributed by atoms with Crippen LogP contribution in [0.2, 0.25) is 0 Å². The van der Waals surface area contributed by atoms with E-state index in [0.717, 1.165) is 18.8 Å². The molecule has 1 aliphatic heterocycles. The van der Waals surface area contributed by atoms with Gasteiger partial charge in [-0.05, 0) is 36.6 Å². The van der Waals surface area contributed by atoms with Crippen molar-refractivity contribution in [2.45, 2.75) is 0 Å². The molecule has 3 N–H and O–H groups in total. The highest BCUT2D eigenvalue weighted by Crippen LogP contribution is 2.04. The molecule has 0 aromatic heterocycles. The van der Waals surface area contributed by atoms with Crippen LogP contribution in [0.3, 0.4) is 0 Å². The zero-order valence-corrected chi connectivity index (χ0v) is 12.0. The molecule has 0 saturated carbocycles. The number of thiocarbonyl (C=S) groups is 2. The molecule has 102 valence electrons. The molecule has 0 aliphatic carbocycles. The predicted molar refractivity (Wildman–Crippen MR) is 83.9 cm³/mol. The van der Waals surface area contributed by atoms with Crippen LogP contribution in [0.25, 0.3) is 0 Å². The number of nitrogens with one attached hydrogen (secondary N) is 3. The van der Waals surface area contributed by atoms with E-state index in [1.54, 1.807) is 0 Å². The summed E-state index contributed by atoms with van der Waals surface area (Å²) in [5.41, 5.74) is 6.73. The predicted octanol–water partition coefficient (Wildman–Crippen LogP) is 1.09. The van der Waals surface area contributed by atoms with E-state index in [9.17, 15) is 0 Å². The van der Waals surface area contributed by atoms with Crippen molar-refractivity contribution >= 4 is 40.3 Å². The van der Waals surface area contributed by atoms with Crippen LogP contribution in [0.15, 0.2) is 30.3 Å². The fourth-order valence-corrected chi connectivity index (χ4v) is 2.04. The average Bonchev–Trinajstić information content (AvgIpc) is 2.47. The Morgan fingerprint density at radius 3 is 2.42 bits per heavy atom. The minimum atomic E-state index is 0.474. The van der Waals surface area contributed by atoms with Gasteiger partial charge in [0.05, 0.1) is 13.2 Å². The van der Waals surface area contributed by atoms with Gasteiger partial charge in [0.15, 0.2) is 10.2 Å². The summed E-state index contributed by atoms with van der Waals surface area (Å²) in [6, 6.07) is 9.71. The third-order valence-corrected chi connectivity index (χ3v) is 3.18. The number of hydrogen-bond acceptors (Lipinski definition) is 3. The molecule has 1 aromatic carbocycles. The van der Waals surface area contributed by atoms with E-state index in [1.165, 1.54) is 0 Å². The van der Waals surface area contributed by atoms with Crippen LogP contribution in [-0.4, -0.2) is 41.4 Å². The largest absolute Gasteiger partial charge is 0.378 e. The standard InChI is InChI=1S/C12H16N4OS2/c18-11(13-10-4-2-1-3-5-10)14-15-12(19)16-6-8-17-9-7-16/h1-5H,6-9H2,(H,15,19)(H2,13,14,18). The summed E-state index contributed by atoms with van der Waals surface area (Å²) in [6.07, 6.45) is 0. The van der Waals surface area contributed by atoms with Gasteiger partial charge in [-0.25, -0.2) is 0 Å². The van der Waals surface area contributed by atoms with Crippen LogP contribution in [0.5, 0.6) is 0 Å². The van der Waals surface area contributed by atoms with E-state index < -0.39 is 0 Å². The Balaban J connectivity index is 1.72. The van der Waals surface area contributed by atoms with Crippen LogP contribution in [0.4, 0.5) is 5.69 Å². The zero-order chi connectivity index (χ0) is 13.5. The molecule has 0 radical (unpaired) electrons. The van der Waals surface area contributed by atoms with E-state index in [0.29, 0.717) is 23.4 Å². The Labute approximate surface area is 123 Å². The van der Waals surface area contributed by atoms with Gasteiger partial charge in [-0.3, -0.25) is 10.9 Å². The van der Waals surface area contributed by atoms with E-state index in [4.69, 9.17) is 29.2 Å². The van der Waals surface area contributed by atoms with Crippen LogP contribution >= 0.6 is 24.4 Å². The van der Waals surface area contributed by atoms with Crippen LogP contribution in [-0.2, 0) is 4.74 Å². The first-order valence-electron chi connectivity index (χ1n) is 6.00. The number of nitrogens with zero attached hydrogens (tertiary/aromatic N) is 1. The van der Waals surface area contributed by atoms with Gasteiger partial charge in [-0.15, -0.1) is 0 Å². The monoisotopic (exact) mass is 296 g/mol. The highest BCUT2D eigenvalue weighted by Gasteiger charge is 2.13. The highest BCUT2D eigenvalue weighted by atomic mass is 32.1. The molecule has 2 rings (SSSR count). The molecule has 0 amide bonds. The molecule has 0 spiro atoms. The minimum absolute atomic E-state index is 0.474. The minimum Gasteiger partial charge on any atom is -0.378 e. The molecule has 19 heavy (non-hydrogen) atoms. The molecule has 0 bridgehead atoms.